The summed E-state index contributed by atoms with van der Waals surface area (Å²) >= 11 is 1.64. The minimum Gasteiger partial charge on any atom is -0.444 e. The Morgan fingerprint density at radius 2 is 1.83 bits per heavy atom. The van der Waals surface area contributed by atoms with Gasteiger partial charge in [0.2, 0.25) is 5.91 Å². The van der Waals surface area contributed by atoms with Crippen molar-refractivity contribution in [3.63, 3.8) is 0 Å². The van der Waals surface area contributed by atoms with E-state index >= 15 is 0 Å². The van der Waals surface area contributed by atoms with Gasteiger partial charge in [-0.2, -0.15) is 0 Å². The zero-order valence-electron chi connectivity index (χ0n) is 18.1. The van der Waals surface area contributed by atoms with E-state index in [-0.39, 0.29) is 5.91 Å². The average molecular weight is 426 g/mol. The molecular weight excluding hydrogens is 390 g/mol. The average Bonchev–Trinajstić information content (AvgIpc) is 3.29. The second-order valence-corrected chi connectivity index (χ2v) is 9.17. The molecule has 29 heavy (non-hydrogen) atoms. The first-order valence-corrected chi connectivity index (χ1v) is 11.7. The Kier molecular flexibility index (Phi) is 9.26. The minimum absolute atomic E-state index is 0.00180. The van der Waals surface area contributed by atoms with Gasteiger partial charge in [-0.1, -0.05) is 24.6 Å². The summed E-state index contributed by atoms with van der Waals surface area (Å²) in [7, 11) is 0. The van der Waals surface area contributed by atoms with Crippen molar-refractivity contribution in [1.82, 2.24) is 25.4 Å². The molecule has 2 N–H and O–H groups in total. The highest BCUT2D eigenvalue weighted by Gasteiger charge is 2.23. The Balaban J connectivity index is 1.62. The number of alkyl carbamates (subject to hydrolysis) is 1. The van der Waals surface area contributed by atoms with Crippen LogP contribution in [0.25, 0.3) is 0 Å². The molecule has 0 bridgehead atoms. The number of hydrogen-bond donors (Lipinski definition) is 2. The number of aryl methyl sites for hydroxylation is 1. The highest BCUT2D eigenvalue weighted by molar-refractivity contribution is 7.98. The Bertz CT molecular complexity index is 666. The second-order valence-electron chi connectivity index (χ2n) is 8.40. The minimum atomic E-state index is -0.514. The van der Waals surface area contributed by atoms with Crippen LogP contribution in [0.1, 0.15) is 77.6 Å². The van der Waals surface area contributed by atoms with E-state index in [0.717, 1.165) is 23.8 Å². The number of carbonyl (C=O) groups is 2. The zero-order valence-corrected chi connectivity index (χ0v) is 18.9. The van der Waals surface area contributed by atoms with Crippen molar-refractivity contribution in [1.29, 1.82) is 0 Å². The molecule has 1 aliphatic carbocycles. The number of hydrogen-bond acceptors (Lipinski definition) is 6. The van der Waals surface area contributed by atoms with E-state index in [4.69, 9.17) is 4.74 Å². The summed E-state index contributed by atoms with van der Waals surface area (Å²) in [6.45, 7) is 6.49. The van der Waals surface area contributed by atoms with Gasteiger partial charge in [-0.25, -0.2) is 4.79 Å². The van der Waals surface area contributed by atoms with Gasteiger partial charge in [-0.3, -0.25) is 4.79 Å². The van der Waals surface area contributed by atoms with E-state index < -0.39 is 11.7 Å². The van der Waals surface area contributed by atoms with Gasteiger partial charge in [-0.05, 0) is 52.7 Å². The highest BCUT2D eigenvalue weighted by atomic mass is 32.2. The maximum Gasteiger partial charge on any atom is 0.407 e. The van der Waals surface area contributed by atoms with E-state index in [9.17, 15) is 9.59 Å². The van der Waals surface area contributed by atoms with Crippen LogP contribution >= 0.6 is 11.8 Å². The Labute approximate surface area is 177 Å². The lowest BCUT2D eigenvalue weighted by Crippen LogP contribution is -2.33. The monoisotopic (exact) mass is 425 g/mol. The topological polar surface area (TPSA) is 98.1 Å². The molecule has 1 aliphatic rings. The van der Waals surface area contributed by atoms with Crippen molar-refractivity contribution >= 4 is 23.8 Å². The third-order valence-electron chi connectivity index (χ3n) is 4.76. The van der Waals surface area contributed by atoms with Crippen LogP contribution < -0.4 is 10.6 Å². The van der Waals surface area contributed by atoms with Gasteiger partial charge in [0.1, 0.15) is 11.4 Å². The standard InChI is InChI=1S/C20H35N5O3S/c1-20(2,3)28-19(27)22-14-8-12-17(26)21-13-7-11-16-23-24-18(29-4)25(16)15-9-5-6-10-15/h15H,5-14H2,1-4H3,(H,21,26)(H,22,27). The van der Waals surface area contributed by atoms with Crippen LogP contribution in [-0.4, -0.2) is 51.7 Å². The lowest BCUT2D eigenvalue weighted by Gasteiger charge is -2.19. The number of rotatable bonds is 10. The fourth-order valence-electron chi connectivity index (χ4n) is 3.46. The van der Waals surface area contributed by atoms with E-state index in [0.29, 0.717) is 32.0 Å². The van der Waals surface area contributed by atoms with E-state index in [1.165, 1.54) is 25.7 Å². The first kappa shape index (κ1) is 23.5. The molecule has 164 valence electrons. The third kappa shape index (κ3) is 8.24. The van der Waals surface area contributed by atoms with E-state index in [1.54, 1.807) is 11.8 Å². The highest BCUT2D eigenvalue weighted by Crippen LogP contribution is 2.33. The van der Waals surface area contributed by atoms with Crippen molar-refractivity contribution in [3.05, 3.63) is 5.82 Å². The number of carbonyl (C=O) groups excluding carboxylic acids is 2. The van der Waals surface area contributed by atoms with E-state index in [1.807, 2.05) is 27.0 Å². The number of nitrogens with zero attached hydrogens (tertiary/aromatic N) is 3. The van der Waals surface area contributed by atoms with Crippen LogP contribution in [0, 0.1) is 0 Å². The van der Waals surface area contributed by atoms with Crippen LogP contribution in [0.5, 0.6) is 0 Å². The molecule has 0 atom stereocenters. The normalized spacial score (nSPS) is 14.8. The number of amides is 2. The van der Waals surface area contributed by atoms with Crippen molar-refractivity contribution in [2.45, 2.75) is 88.9 Å². The van der Waals surface area contributed by atoms with Gasteiger partial charge in [0.25, 0.3) is 0 Å². The summed E-state index contributed by atoms with van der Waals surface area (Å²) in [4.78, 5) is 23.5. The van der Waals surface area contributed by atoms with Gasteiger partial charge < -0.3 is 19.9 Å². The smallest absolute Gasteiger partial charge is 0.407 e. The van der Waals surface area contributed by atoms with Gasteiger partial charge in [0.15, 0.2) is 5.16 Å². The number of nitrogens with one attached hydrogen (secondary N) is 2. The molecule has 2 rings (SSSR count). The molecule has 9 heteroatoms. The van der Waals surface area contributed by atoms with Crippen LogP contribution in [0.4, 0.5) is 4.79 Å². The van der Waals surface area contributed by atoms with Gasteiger partial charge in [0, 0.05) is 32.0 Å². The van der Waals surface area contributed by atoms with Crippen molar-refractivity contribution in [2.75, 3.05) is 19.3 Å². The molecule has 0 aliphatic heterocycles. The number of thioether (sulfide) groups is 1. The maximum atomic E-state index is 12.0. The molecule has 1 heterocycles. The van der Waals surface area contributed by atoms with Crippen LogP contribution in [-0.2, 0) is 16.0 Å². The first-order valence-electron chi connectivity index (χ1n) is 10.5. The Hall–Kier alpha value is -1.77. The molecule has 1 aromatic rings. The summed E-state index contributed by atoms with van der Waals surface area (Å²) in [6.07, 6.45) is 9.14. The molecule has 0 radical (unpaired) electrons. The molecule has 1 aromatic heterocycles. The summed E-state index contributed by atoms with van der Waals surface area (Å²) in [5.41, 5.74) is -0.514. The molecule has 1 saturated carbocycles. The first-order chi connectivity index (χ1) is 13.8. The summed E-state index contributed by atoms with van der Waals surface area (Å²) in [5, 5.41) is 15.3. The molecule has 2 amide bonds. The van der Waals surface area contributed by atoms with Gasteiger partial charge in [0.05, 0.1) is 0 Å². The van der Waals surface area contributed by atoms with E-state index in [2.05, 4.69) is 25.4 Å². The van der Waals surface area contributed by atoms with Crippen LogP contribution in [0.15, 0.2) is 5.16 Å². The predicted molar refractivity (Wildman–Crippen MR) is 114 cm³/mol. The molecule has 0 unspecified atom stereocenters. The van der Waals surface area contributed by atoms with Gasteiger partial charge >= 0.3 is 6.09 Å². The van der Waals surface area contributed by atoms with Crippen LogP contribution in [0.3, 0.4) is 0 Å². The number of ether oxygens (including phenoxy) is 1. The van der Waals surface area contributed by atoms with Crippen molar-refractivity contribution in [3.8, 4) is 0 Å². The fourth-order valence-corrected chi connectivity index (χ4v) is 4.04. The van der Waals surface area contributed by atoms with Crippen LogP contribution in [0.2, 0.25) is 0 Å². The summed E-state index contributed by atoms with van der Waals surface area (Å²) < 4.78 is 7.46. The SMILES string of the molecule is CSc1nnc(CCCNC(=O)CCCNC(=O)OC(C)(C)C)n1C1CCCC1. The number of aromatic nitrogens is 3. The third-order valence-corrected chi connectivity index (χ3v) is 5.40. The lowest BCUT2D eigenvalue weighted by atomic mass is 10.2. The molecular formula is C20H35N5O3S. The maximum absolute atomic E-state index is 12.0. The predicted octanol–water partition coefficient (Wildman–Crippen LogP) is 3.47. The molecule has 0 aromatic carbocycles. The second kappa shape index (κ2) is 11.4. The molecule has 8 nitrogen and oxygen atoms in total. The summed E-state index contributed by atoms with van der Waals surface area (Å²) in [6, 6.07) is 0.523. The molecule has 0 spiro atoms. The summed E-state index contributed by atoms with van der Waals surface area (Å²) in [5.74, 6) is 1.02. The quantitative estimate of drug-likeness (QED) is 0.440. The van der Waals surface area contributed by atoms with Crippen molar-refractivity contribution < 1.29 is 14.3 Å². The zero-order chi connectivity index (χ0) is 21.3. The largest absolute Gasteiger partial charge is 0.444 e. The lowest BCUT2D eigenvalue weighted by molar-refractivity contribution is -0.121. The molecule has 0 saturated heterocycles. The Morgan fingerprint density at radius 1 is 1.14 bits per heavy atom. The Morgan fingerprint density at radius 3 is 2.48 bits per heavy atom. The van der Waals surface area contributed by atoms with Crippen molar-refractivity contribution in [2.24, 2.45) is 0 Å². The van der Waals surface area contributed by atoms with Gasteiger partial charge in [-0.15, -0.1) is 10.2 Å². The molecule has 1 fully saturated rings. The fraction of sp³-hybridized carbons (Fsp3) is 0.800.